The standard InChI is InChI=1S/C22H17F3N2O2/c1-2-22(28,18-9-5-15(23)11-19(18)24)21(25)20-10-8-17(13-27-20)29-16-6-3-14(12-26)4-7-16/h3-11,13,21,28H,2H2,1H3. The average Bonchev–Trinajstić information content (AvgIpc) is 2.74. The number of nitrogens with zero attached hydrogens (tertiary/aromatic N) is 2. The quantitative estimate of drug-likeness (QED) is 0.609. The molecular weight excluding hydrogens is 381 g/mol. The Labute approximate surface area is 165 Å². The van der Waals surface area contributed by atoms with Gasteiger partial charge < -0.3 is 9.84 Å². The van der Waals surface area contributed by atoms with Gasteiger partial charge in [-0.15, -0.1) is 0 Å². The summed E-state index contributed by atoms with van der Waals surface area (Å²) in [4.78, 5) is 3.99. The van der Waals surface area contributed by atoms with Crippen molar-refractivity contribution in [1.29, 1.82) is 5.26 Å². The molecule has 0 radical (unpaired) electrons. The first-order valence-electron chi connectivity index (χ1n) is 8.83. The molecule has 0 aliphatic heterocycles. The average molecular weight is 398 g/mol. The predicted molar refractivity (Wildman–Crippen MR) is 99.9 cm³/mol. The highest BCUT2D eigenvalue weighted by molar-refractivity contribution is 5.37. The normalized spacial score (nSPS) is 13.9. The minimum Gasteiger partial charge on any atom is -0.456 e. The van der Waals surface area contributed by atoms with E-state index in [4.69, 9.17) is 10.00 Å². The van der Waals surface area contributed by atoms with E-state index in [0.717, 1.165) is 12.1 Å². The van der Waals surface area contributed by atoms with Gasteiger partial charge in [0.25, 0.3) is 0 Å². The van der Waals surface area contributed by atoms with E-state index in [2.05, 4.69) is 4.98 Å². The van der Waals surface area contributed by atoms with Crippen molar-refractivity contribution in [2.45, 2.75) is 25.1 Å². The maximum atomic E-state index is 15.1. The van der Waals surface area contributed by atoms with Crippen LogP contribution in [-0.2, 0) is 5.60 Å². The van der Waals surface area contributed by atoms with Gasteiger partial charge in [-0.1, -0.05) is 13.0 Å². The predicted octanol–water partition coefficient (Wildman–Crippen LogP) is 5.33. The molecule has 0 saturated heterocycles. The summed E-state index contributed by atoms with van der Waals surface area (Å²) in [5.74, 6) is -1.06. The summed E-state index contributed by atoms with van der Waals surface area (Å²) < 4.78 is 48.0. The molecule has 2 unspecified atom stereocenters. The Balaban J connectivity index is 1.82. The molecule has 0 amide bonds. The van der Waals surface area contributed by atoms with Crippen LogP contribution in [0, 0.1) is 23.0 Å². The second-order valence-electron chi connectivity index (χ2n) is 6.42. The van der Waals surface area contributed by atoms with Gasteiger partial charge in [0, 0.05) is 11.6 Å². The molecule has 0 aliphatic carbocycles. The second kappa shape index (κ2) is 8.33. The van der Waals surface area contributed by atoms with Crippen LogP contribution in [0.1, 0.15) is 36.3 Å². The monoisotopic (exact) mass is 398 g/mol. The highest BCUT2D eigenvalue weighted by Crippen LogP contribution is 2.41. The van der Waals surface area contributed by atoms with Crippen LogP contribution >= 0.6 is 0 Å². The second-order valence-corrected chi connectivity index (χ2v) is 6.42. The summed E-state index contributed by atoms with van der Waals surface area (Å²) in [7, 11) is 0. The smallest absolute Gasteiger partial charge is 0.175 e. The topological polar surface area (TPSA) is 66.1 Å². The number of aliphatic hydroxyl groups is 1. The van der Waals surface area contributed by atoms with E-state index in [0.29, 0.717) is 23.1 Å². The van der Waals surface area contributed by atoms with Gasteiger partial charge in [-0.3, -0.25) is 4.98 Å². The molecule has 1 heterocycles. The number of aromatic nitrogens is 1. The summed E-state index contributed by atoms with van der Waals surface area (Å²) in [5, 5.41) is 19.6. The van der Waals surface area contributed by atoms with E-state index in [9.17, 15) is 13.9 Å². The molecule has 2 atom stereocenters. The molecule has 1 aromatic heterocycles. The zero-order valence-corrected chi connectivity index (χ0v) is 15.4. The zero-order valence-electron chi connectivity index (χ0n) is 15.4. The van der Waals surface area contributed by atoms with Crippen LogP contribution in [-0.4, -0.2) is 10.1 Å². The molecule has 0 bridgehead atoms. The van der Waals surface area contributed by atoms with Gasteiger partial charge >= 0.3 is 0 Å². The number of ether oxygens (including phenoxy) is 1. The van der Waals surface area contributed by atoms with E-state index in [1.165, 1.54) is 25.3 Å². The van der Waals surface area contributed by atoms with Gasteiger partial charge in [-0.05, 0) is 48.9 Å². The van der Waals surface area contributed by atoms with E-state index in [-0.39, 0.29) is 17.7 Å². The fourth-order valence-corrected chi connectivity index (χ4v) is 2.93. The fourth-order valence-electron chi connectivity index (χ4n) is 2.93. The lowest BCUT2D eigenvalue weighted by molar-refractivity contribution is -0.0504. The first kappa shape index (κ1) is 20.4. The highest BCUT2D eigenvalue weighted by Gasteiger charge is 2.41. The number of nitriles is 1. The minimum absolute atomic E-state index is 0.120. The summed E-state index contributed by atoms with van der Waals surface area (Å²) in [6.45, 7) is 1.50. The lowest BCUT2D eigenvalue weighted by Gasteiger charge is -2.31. The van der Waals surface area contributed by atoms with Crippen molar-refractivity contribution in [3.8, 4) is 17.6 Å². The van der Waals surface area contributed by atoms with Crippen molar-refractivity contribution < 1.29 is 23.0 Å². The maximum absolute atomic E-state index is 15.1. The third-order valence-electron chi connectivity index (χ3n) is 4.59. The van der Waals surface area contributed by atoms with E-state index in [1.807, 2.05) is 6.07 Å². The minimum atomic E-state index is -2.21. The van der Waals surface area contributed by atoms with Crippen molar-refractivity contribution >= 4 is 0 Å². The number of rotatable bonds is 6. The van der Waals surface area contributed by atoms with Crippen LogP contribution in [0.3, 0.4) is 0 Å². The van der Waals surface area contributed by atoms with Crippen LogP contribution in [0.25, 0.3) is 0 Å². The SMILES string of the molecule is CCC(O)(c1ccc(F)cc1F)C(F)c1ccc(Oc2ccc(C#N)cc2)cn1. The summed E-state index contributed by atoms with van der Waals surface area (Å²) in [6.07, 6.45) is -0.921. The molecular formula is C22H17F3N2O2. The molecule has 4 nitrogen and oxygen atoms in total. The van der Waals surface area contributed by atoms with Crippen molar-refractivity contribution in [1.82, 2.24) is 4.98 Å². The number of halogens is 3. The van der Waals surface area contributed by atoms with Gasteiger partial charge in [0.15, 0.2) is 6.17 Å². The molecule has 0 spiro atoms. The summed E-state index contributed by atoms with van der Waals surface area (Å²) >= 11 is 0. The molecule has 0 aliphatic rings. The van der Waals surface area contributed by atoms with E-state index < -0.39 is 23.4 Å². The molecule has 1 N–H and O–H groups in total. The molecule has 0 fully saturated rings. The molecule has 2 aromatic carbocycles. The van der Waals surface area contributed by atoms with Crippen molar-refractivity contribution in [3.05, 3.63) is 89.2 Å². The van der Waals surface area contributed by atoms with Crippen molar-refractivity contribution in [3.63, 3.8) is 0 Å². The Morgan fingerprint density at radius 1 is 1.10 bits per heavy atom. The number of hydrogen-bond donors (Lipinski definition) is 1. The van der Waals surface area contributed by atoms with Crippen LogP contribution in [0.15, 0.2) is 60.8 Å². The van der Waals surface area contributed by atoms with Crippen LogP contribution < -0.4 is 4.74 Å². The zero-order chi connectivity index (χ0) is 21.0. The Kier molecular flexibility index (Phi) is 5.85. The van der Waals surface area contributed by atoms with Crippen LogP contribution in [0.2, 0.25) is 0 Å². The first-order chi connectivity index (χ1) is 13.9. The number of alkyl halides is 1. The molecule has 3 rings (SSSR count). The Hall–Kier alpha value is -3.37. The lowest BCUT2D eigenvalue weighted by Crippen LogP contribution is -2.32. The maximum Gasteiger partial charge on any atom is 0.175 e. The van der Waals surface area contributed by atoms with E-state index >= 15 is 4.39 Å². The third-order valence-corrected chi connectivity index (χ3v) is 4.59. The molecule has 29 heavy (non-hydrogen) atoms. The van der Waals surface area contributed by atoms with Gasteiger partial charge in [0.2, 0.25) is 0 Å². The fraction of sp³-hybridized carbons (Fsp3) is 0.182. The third kappa shape index (κ3) is 4.23. The Morgan fingerprint density at radius 3 is 2.34 bits per heavy atom. The molecule has 0 saturated carbocycles. The van der Waals surface area contributed by atoms with Crippen LogP contribution in [0.5, 0.6) is 11.5 Å². The van der Waals surface area contributed by atoms with Gasteiger partial charge in [-0.25, -0.2) is 13.2 Å². The summed E-state index contributed by atoms with van der Waals surface area (Å²) in [6, 6.07) is 13.8. The Morgan fingerprint density at radius 2 is 1.79 bits per heavy atom. The highest BCUT2D eigenvalue weighted by atomic mass is 19.1. The van der Waals surface area contributed by atoms with Crippen molar-refractivity contribution in [2.75, 3.05) is 0 Å². The largest absolute Gasteiger partial charge is 0.456 e. The molecule has 3 aromatic rings. The first-order valence-corrected chi connectivity index (χ1v) is 8.83. The van der Waals surface area contributed by atoms with E-state index in [1.54, 1.807) is 24.3 Å². The molecule has 148 valence electrons. The Bertz CT molecular complexity index is 1030. The lowest BCUT2D eigenvalue weighted by atomic mass is 9.84. The van der Waals surface area contributed by atoms with Crippen molar-refractivity contribution in [2.24, 2.45) is 0 Å². The number of pyridine rings is 1. The molecule has 7 heteroatoms. The number of benzene rings is 2. The number of hydrogen-bond acceptors (Lipinski definition) is 4. The van der Waals surface area contributed by atoms with Crippen LogP contribution in [0.4, 0.5) is 13.2 Å². The summed E-state index contributed by atoms with van der Waals surface area (Å²) in [5.41, 5.74) is -2.18. The van der Waals surface area contributed by atoms with Gasteiger partial charge in [0.1, 0.15) is 28.7 Å². The van der Waals surface area contributed by atoms with Gasteiger partial charge in [0.05, 0.1) is 23.5 Å². The van der Waals surface area contributed by atoms with Gasteiger partial charge in [-0.2, -0.15) is 5.26 Å².